The summed E-state index contributed by atoms with van der Waals surface area (Å²) >= 11 is 0. The summed E-state index contributed by atoms with van der Waals surface area (Å²) in [5, 5.41) is 6.76. The topological polar surface area (TPSA) is 77.0 Å². The Hall–Kier alpha value is -3.15. The number of hydrogen-bond acceptors (Lipinski definition) is 5. The van der Waals surface area contributed by atoms with Crippen LogP contribution in [0.2, 0.25) is 0 Å². The van der Waals surface area contributed by atoms with E-state index in [2.05, 4.69) is 10.5 Å². The maximum Gasteiger partial charge on any atom is 0.306 e. The average molecular weight is 408 g/mol. The number of nitrogens with one attached hydrogen (secondary N) is 1. The van der Waals surface area contributed by atoms with Crippen molar-refractivity contribution in [3.63, 3.8) is 0 Å². The van der Waals surface area contributed by atoms with E-state index in [4.69, 9.17) is 9.57 Å². The smallest absolute Gasteiger partial charge is 0.306 e. The molecule has 158 valence electrons. The molecule has 0 fully saturated rings. The van der Waals surface area contributed by atoms with Gasteiger partial charge in [-0.25, -0.2) is 0 Å². The number of carbonyl (C=O) groups is 2. The molecule has 1 atom stereocenters. The molecule has 0 aromatic heterocycles. The van der Waals surface area contributed by atoms with Crippen LogP contribution in [0.25, 0.3) is 0 Å². The van der Waals surface area contributed by atoms with Gasteiger partial charge in [-0.3, -0.25) is 9.59 Å². The lowest BCUT2D eigenvalue weighted by atomic mass is 9.81. The molecular formula is C24H28N2O4. The zero-order valence-electron chi connectivity index (χ0n) is 17.5. The lowest BCUT2D eigenvalue weighted by molar-refractivity contribution is -0.144. The van der Waals surface area contributed by atoms with Crippen molar-refractivity contribution < 1.29 is 19.2 Å². The highest BCUT2D eigenvalue weighted by Crippen LogP contribution is 2.29. The fraction of sp³-hybridized carbons (Fsp3) is 0.375. The highest BCUT2D eigenvalue weighted by atomic mass is 16.6. The molecule has 1 N–H and O–H groups in total. The number of benzene rings is 2. The molecular weight excluding hydrogens is 380 g/mol. The number of ether oxygens (including phenoxy) is 1. The normalized spacial score (nSPS) is 15.5. The van der Waals surface area contributed by atoms with Crippen LogP contribution in [-0.4, -0.2) is 31.3 Å². The molecule has 0 saturated carbocycles. The van der Waals surface area contributed by atoms with E-state index in [-0.39, 0.29) is 17.8 Å². The molecule has 6 nitrogen and oxygen atoms in total. The van der Waals surface area contributed by atoms with Gasteiger partial charge in [0.2, 0.25) is 0 Å². The molecule has 1 aliphatic carbocycles. The molecule has 1 unspecified atom stereocenters. The van der Waals surface area contributed by atoms with Gasteiger partial charge < -0.3 is 14.9 Å². The highest BCUT2D eigenvalue weighted by Gasteiger charge is 2.22. The summed E-state index contributed by atoms with van der Waals surface area (Å²) in [6.07, 6.45) is 4.75. The van der Waals surface area contributed by atoms with Crippen LogP contribution in [0.5, 0.6) is 0 Å². The molecule has 2 aromatic rings. The van der Waals surface area contributed by atoms with Crippen LogP contribution in [0, 0.1) is 5.92 Å². The van der Waals surface area contributed by atoms with E-state index in [0.717, 1.165) is 30.4 Å². The second-order valence-corrected chi connectivity index (χ2v) is 7.33. The minimum absolute atomic E-state index is 0.144. The van der Waals surface area contributed by atoms with Crippen molar-refractivity contribution >= 4 is 23.8 Å². The van der Waals surface area contributed by atoms with Crippen LogP contribution < -0.4 is 5.32 Å². The number of aryl methyl sites for hydroxylation is 1. The minimum Gasteiger partial charge on any atom is -0.466 e. The minimum atomic E-state index is -0.152. The molecule has 3 rings (SSSR count). The average Bonchev–Trinajstić information content (AvgIpc) is 2.75. The fourth-order valence-electron chi connectivity index (χ4n) is 3.63. The number of amides is 1. The Morgan fingerprint density at radius 3 is 2.63 bits per heavy atom. The van der Waals surface area contributed by atoms with Gasteiger partial charge in [-0.05, 0) is 80.0 Å². The van der Waals surface area contributed by atoms with E-state index in [0.29, 0.717) is 30.9 Å². The van der Waals surface area contributed by atoms with Gasteiger partial charge >= 0.3 is 5.97 Å². The summed E-state index contributed by atoms with van der Waals surface area (Å²) in [5.74, 6) is -0.0311. The summed E-state index contributed by atoms with van der Waals surface area (Å²) in [6.45, 7) is 4.62. The van der Waals surface area contributed by atoms with Crippen molar-refractivity contribution in [1.82, 2.24) is 0 Å². The van der Waals surface area contributed by atoms with Crippen molar-refractivity contribution in [2.24, 2.45) is 11.1 Å². The number of fused-ring (bicyclic) bond motifs is 1. The summed E-state index contributed by atoms with van der Waals surface area (Å²) in [7, 11) is 0. The van der Waals surface area contributed by atoms with E-state index < -0.39 is 0 Å². The van der Waals surface area contributed by atoms with Crippen LogP contribution in [0.3, 0.4) is 0 Å². The molecule has 0 saturated heterocycles. The number of hydrogen-bond donors (Lipinski definition) is 1. The molecule has 1 aliphatic rings. The van der Waals surface area contributed by atoms with Gasteiger partial charge in [-0.1, -0.05) is 23.4 Å². The van der Waals surface area contributed by atoms with Crippen molar-refractivity contribution in [2.75, 3.05) is 18.5 Å². The number of anilines is 1. The SMILES string of the molecule is CCON=Cc1ccc(NC(=O)c2ccc3c(c2)CC(CC(=O)OCC)CC3)cc1. The largest absolute Gasteiger partial charge is 0.466 e. The standard InChI is InChI=1S/C24H28N2O4/c1-3-29-23(27)14-18-5-8-19-9-10-20(15-21(19)13-18)24(28)26-22-11-6-17(7-12-22)16-25-30-4-2/h6-7,9-12,15-16,18H,3-5,8,13-14H2,1-2H3,(H,26,28). The van der Waals surface area contributed by atoms with E-state index in [1.807, 2.05) is 56.3 Å². The van der Waals surface area contributed by atoms with Gasteiger partial charge in [0.25, 0.3) is 5.91 Å². The zero-order chi connectivity index (χ0) is 21.3. The number of oxime groups is 1. The van der Waals surface area contributed by atoms with Crippen molar-refractivity contribution in [2.45, 2.75) is 39.5 Å². The van der Waals surface area contributed by atoms with Crippen molar-refractivity contribution in [3.05, 3.63) is 64.7 Å². The first kappa shape index (κ1) is 21.6. The summed E-state index contributed by atoms with van der Waals surface area (Å²) in [5.41, 5.74) is 4.62. The second-order valence-electron chi connectivity index (χ2n) is 7.33. The van der Waals surface area contributed by atoms with Gasteiger partial charge in [0.05, 0.1) is 12.8 Å². The Balaban J connectivity index is 1.63. The van der Waals surface area contributed by atoms with Gasteiger partial charge in [-0.2, -0.15) is 0 Å². The van der Waals surface area contributed by atoms with E-state index in [1.165, 1.54) is 5.56 Å². The van der Waals surface area contributed by atoms with Crippen LogP contribution in [0.4, 0.5) is 5.69 Å². The van der Waals surface area contributed by atoms with Crippen molar-refractivity contribution in [1.29, 1.82) is 0 Å². The Labute approximate surface area is 177 Å². The maximum atomic E-state index is 12.7. The molecule has 0 aliphatic heterocycles. The van der Waals surface area contributed by atoms with Gasteiger partial charge in [0, 0.05) is 17.7 Å². The third kappa shape index (κ3) is 5.92. The fourth-order valence-corrected chi connectivity index (χ4v) is 3.63. The monoisotopic (exact) mass is 408 g/mol. The predicted molar refractivity (Wildman–Crippen MR) is 117 cm³/mol. The number of nitrogens with zero attached hydrogens (tertiary/aromatic N) is 1. The molecule has 0 bridgehead atoms. The Kier molecular flexibility index (Phi) is 7.60. The van der Waals surface area contributed by atoms with Crippen LogP contribution in [0.1, 0.15) is 53.7 Å². The second kappa shape index (κ2) is 10.6. The van der Waals surface area contributed by atoms with Crippen LogP contribution in [-0.2, 0) is 27.2 Å². The number of esters is 1. The van der Waals surface area contributed by atoms with E-state index >= 15 is 0 Å². The van der Waals surface area contributed by atoms with Gasteiger partial charge in [0.15, 0.2) is 0 Å². The van der Waals surface area contributed by atoms with Crippen molar-refractivity contribution in [3.8, 4) is 0 Å². The third-order valence-electron chi connectivity index (χ3n) is 5.13. The highest BCUT2D eigenvalue weighted by molar-refractivity contribution is 6.04. The molecule has 0 spiro atoms. The molecule has 0 heterocycles. The first-order valence-electron chi connectivity index (χ1n) is 10.4. The quantitative estimate of drug-likeness (QED) is 0.400. The number of rotatable bonds is 8. The first-order chi connectivity index (χ1) is 14.6. The lowest BCUT2D eigenvalue weighted by Crippen LogP contribution is -2.20. The Bertz CT molecular complexity index is 906. The molecule has 6 heteroatoms. The van der Waals surface area contributed by atoms with Crippen LogP contribution >= 0.6 is 0 Å². The molecule has 1 amide bonds. The van der Waals surface area contributed by atoms with Crippen LogP contribution in [0.15, 0.2) is 47.6 Å². The number of carbonyl (C=O) groups excluding carboxylic acids is 2. The summed E-state index contributed by atoms with van der Waals surface area (Å²) < 4.78 is 5.08. The maximum absolute atomic E-state index is 12.7. The zero-order valence-corrected chi connectivity index (χ0v) is 17.5. The van der Waals surface area contributed by atoms with E-state index in [9.17, 15) is 9.59 Å². The summed E-state index contributed by atoms with van der Waals surface area (Å²) in [6, 6.07) is 13.2. The summed E-state index contributed by atoms with van der Waals surface area (Å²) in [4.78, 5) is 29.5. The Morgan fingerprint density at radius 1 is 1.10 bits per heavy atom. The predicted octanol–water partition coefficient (Wildman–Crippen LogP) is 4.37. The van der Waals surface area contributed by atoms with E-state index in [1.54, 1.807) is 6.21 Å². The van der Waals surface area contributed by atoms with Gasteiger partial charge in [0.1, 0.15) is 6.61 Å². The molecule has 0 radical (unpaired) electrons. The van der Waals surface area contributed by atoms with Gasteiger partial charge in [-0.15, -0.1) is 0 Å². The lowest BCUT2D eigenvalue weighted by Gasteiger charge is -2.24. The third-order valence-corrected chi connectivity index (χ3v) is 5.13. The first-order valence-corrected chi connectivity index (χ1v) is 10.4. The Morgan fingerprint density at radius 2 is 1.90 bits per heavy atom. The molecule has 30 heavy (non-hydrogen) atoms. The molecule has 2 aromatic carbocycles.